The monoisotopic (exact) mass is 330 g/mol. The second kappa shape index (κ2) is 7.12. The minimum atomic E-state index is -0.558. The number of fused-ring (bicyclic) bond motifs is 1. The predicted octanol–water partition coefficient (Wildman–Crippen LogP) is 2.82. The van der Waals surface area contributed by atoms with Crippen LogP contribution in [0.15, 0.2) is 33.7 Å². The van der Waals surface area contributed by atoms with Crippen molar-refractivity contribution in [2.45, 2.75) is 32.7 Å². The Labute approximate surface area is 138 Å². The molecule has 0 radical (unpaired) electrons. The van der Waals surface area contributed by atoms with E-state index in [-0.39, 0.29) is 24.1 Å². The number of hydrogen-bond acceptors (Lipinski definition) is 8. The molecule has 0 aliphatic heterocycles. The second-order valence-electron chi connectivity index (χ2n) is 5.32. The van der Waals surface area contributed by atoms with Crippen molar-refractivity contribution in [2.75, 3.05) is 11.9 Å². The molecule has 0 spiro atoms. The van der Waals surface area contributed by atoms with Crippen molar-refractivity contribution in [3.05, 3.63) is 36.2 Å². The molecular formula is C16H18N4O4. The van der Waals surface area contributed by atoms with Gasteiger partial charge in [-0.2, -0.15) is 4.98 Å². The molecule has 3 aromatic heterocycles. The van der Waals surface area contributed by atoms with Gasteiger partial charge < -0.3 is 19.0 Å². The minimum Gasteiger partial charge on any atom is -0.469 e. The van der Waals surface area contributed by atoms with Gasteiger partial charge in [0.15, 0.2) is 0 Å². The molecule has 24 heavy (non-hydrogen) atoms. The van der Waals surface area contributed by atoms with E-state index in [1.807, 2.05) is 19.1 Å². The second-order valence-corrected chi connectivity index (χ2v) is 5.32. The fourth-order valence-electron chi connectivity index (χ4n) is 2.35. The van der Waals surface area contributed by atoms with Crippen LogP contribution in [0.2, 0.25) is 0 Å². The van der Waals surface area contributed by atoms with Crippen molar-refractivity contribution < 1.29 is 18.5 Å². The molecule has 0 bridgehead atoms. The van der Waals surface area contributed by atoms with E-state index >= 15 is 0 Å². The van der Waals surface area contributed by atoms with Crippen molar-refractivity contribution in [1.82, 2.24) is 15.1 Å². The zero-order chi connectivity index (χ0) is 16.9. The van der Waals surface area contributed by atoms with E-state index in [1.165, 1.54) is 6.33 Å². The maximum atomic E-state index is 12.0. The molecule has 3 heterocycles. The topological polar surface area (TPSA) is 103 Å². The fraction of sp³-hybridized carbons (Fsp3) is 0.375. The van der Waals surface area contributed by atoms with Gasteiger partial charge in [0.25, 0.3) is 5.71 Å². The summed E-state index contributed by atoms with van der Waals surface area (Å²) in [7, 11) is 0. The number of esters is 1. The number of nitrogens with zero attached hydrogens (tertiary/aromatic N) is 3. The van der Waals surface area contributed by atoms with Gasteiger partial charge in [0.2, 0.25) is 5.69 Å². The lowest BCUT2D eigenvalue weighted by Gasteiger charge is -2.14. The normalized spacial score (nSPS) is 12.2. The summed E-state index contributed by atoms with van der Waals surface area (Å²) < 4.78 is 15.4. The molecule has 0 saturated heterocycles. The third kappa shape index (κ3) is 3.37. The van der Waals surface area contributed by atoms with Crippen LogP contribution in [0.4, 0.5) is 5.82 Å². The smallest absolute Gasteiger partial charge is 0.361 e. The van der Waals surface area contributed by atoms with Gasteiger partial charge in [0.1, 0.15) is 23.3 Å². The molecule has 1 atom stereocenters. The Morgan fingerprint density at radius 1 is 1.42 bits per heavy atom. The van der Waals surface area contributed by atoms with E-state index in [0.29, 0.717) is 11.2 Å². The van der Waals surface area contributed by atoms with Crippen molar-refractivity contribution in [3.8, 4) is 0 Å². The minimum absolute atomic E-state index is 0.0770. The van der Waals surface area contributed by atoms with Gasteiger partial charge in [-0.3, -0.25) is 0 Å². The summed E-state index contributed by atoms with van der Waals surface area (Å²) in [6.45, 7) is 4.00. The molecule has 3 aromatic rings. The highest BCUT2D eigenvalue weighted by atomic mass is 16.5. The van der Waals surface area contributed by atoms with Crippen LogP contribution >= 0.6 is 0 Å². The van der Waals surface area contributed by atoms with Gasteiger partial charge in [-0.1, -0.05) is 5.16 Å². The van der Waals surface area contributed by atoms with Gasteiger partial charge in [0.05, 0.1) is 12.9 Å². The lowest BCUT2D eigenvalue weighted by molar-refractivity contribution is 0.0517. The van der Waals surface area contributed by atoms with Crippen molar-refractivity contribution in [3.63, 3.8) is 0 Å². The Morgan fingerprint density at radius 3 is 3.04 bits per heavy atom. The fourth-order valence-corrected chi connectivity index (χ4v) is 2.35. The zero-order valence-corrected chi connectivity index (χ0v) is 13.5. The number of rotatable bonds is 7. The third-order valence-electron chi connectivity index (χ3n) is 3.53. The van der Waals surface area contributed by atoms with Crippen LogP contribution in [0.3, 0.4) is 0 Å². The molecular weight excluding hydrogens is 312 g/mol. The largest absolute Gasteiger partial charge is 0.469 e. The first kappa shape index (κ1) is 16.0. The highest BCUT2D eigenvalue weighted by molar-refractivity contribution is 6.04. The van der Waals surface area contributed by atoms with Crippen LogP contribution in [-0.4, -0.2) is 33.7 Å². The Bertz CT molecular complexity index is 813. The number of aryl methyl sites for hydroxylation is 1. The van der Waals surface area contributed by atoms with Crippen LogP contribution in [-0.2, 0) is 11.2 Å². The van der Waals surface area contributed by atoms with Gasteiger partial charge in [-0.25, -0.2) is 9.78 Å². The molecule has 0 aliphatic carbocycles. The Kier molecular flexibility index (Phi) is 4.74. The summed E-state index contributed by atoms with van der Waals surface area (Å²) in [4.78, 5) is 20.2. The molecule has 0 aliphatic rings. The molecule has 3 rings (SSSR count). The van der Waals surface area contributed by atoms with Gasteiger partial charge >= 0.3 is 5.97 Å². The van der Waals surface area contributed by atoms with Crippen LogP contribution in [0.25, 0.3) is 11.1 Å². The van der Waals surface area contributed by atoms with Gasteiger partial charge in [-0.05, 0) is 32.4 Å². The number of hydrogen-bond donors (Lipinski definition) is 1. The van der Waals surface area contributed by atoms with E-state index in [0.717, 1.165) is 18.6 Å². The van der Waals surface area contributed by atoms with E-state index in [4.69, 9.17) is 13.7 Å². The zero-order valence-electron chi connectivity index (χ0n) is 13.5. The van der Waals surface area contributed by atoms with E-state index < -0.39 is 5.97 Å². The van der Waals surface area contributed by atoms with Crippen molar-refractivity contribution in [1.29, 1.82) is 0 Å². The molecule has 0 aromatic carbocycles. The first-order chi connectivity index (χ1) is 11.7. The number of furan rings is 1. The number of aromatic nitrogens is 3. The number of carbonyl (C=O) groups excluding carboxylic acids is 1. The van der Waals surface area contributed by atoms with E-state index in [9.17, 15) is 4.79 Å². The Morgan fingerprint density at radius 2 is 2.29 bits per heavy atom. The molecule has 0 amide bonds. The first-order valence-corrected chi connectivity index (χ1v) is 7.75. The predicted molar refractivity (Wildman–Crippen MR) is 85.7 cm³/mol. The van der Waals surface area contributed by atoms with E-state index in [1.54, 1.807) is 13.2 Å². The Balaban J connectivity index is 1.78. The summed E-state index contributed by atoms with van der Waals surface area (Å²) in [6, 6.07) is 3.90. The molecule has 0 unspecified atom stereocenters. The van der Waals surface area contributed by atoms with Crippen molar-refractivity contribution in [2.24, 2.45) is 0 Å². The maximum Gasteiger partial charge on any atom is 0.361 e. The highest BCUT2D eigenvalue weighted by Gasteiger charge is 2.22. The lowest BCUT2D eigenvalue weighted by Crippen LogP contribution is -2.17. The maximum absolute atomic E-state index is 12.0. The van der Waals surface area contributed by atoms with Gasteiger partial charge in [-0.15, -0.1) is 0 Å². The summed E-state index contributed by atoms with van der Waals surface area (Å²) in [5, 5.41) is 7.46. The number of anilines is 1. The standard InChI is InChI=1S/C16H18N4O4/c1-3-22-16(21)13-12-14(17-9-18-15(12)24-20-13)19-10(2)6-7-11-5-4-8-23-11/h4-5,8-10H,3,6-7H2,1-2H3,(H,17,18,19)/t10-/m0/s1. The van der Waals surface area contributed by atoms with E-state index in [2.05, 4.69) is 20.4 Å². The SMILES string of the molecule is CCOC(=O)c1noc2ncnc(N[C@@H](C)CCc3ccco3)c12. The summed E-state index contributed by atoms with van der Waals surface area (Å²) >= 11 is 0. The number of nitrogens with one attached hydrogen (secondary N) is 1. The summed E-state index contributed by atoms with van der Waals surface area (Å²) in [5.74, 6) is 0.863. The van der Waals surface area contributed by atoms with Crippen LogP contribution < -0.4 is 5.32 Å². The van der Waals surface area contributed by atoms with Crippen molar-refractivity contribution >= 4 is 22.9 Å². The molecule has 8 nitrogen and oxygen atoms in total. The van der Waals surface area contributed by atoms with Gasteiger partial charge in [0, 0.05) is 12.5 Å². The van der Waals surface area contributed by atoms with Crippen LogP contribution in [0, 0.1) is 0 Å². The molecule has 8 heteroatoms. The molecule has 1 N–H and O–H groups in total. The average molecular weight is 330 g/mol. The summed E-state index contributed by atoms with van der Waals surface area (Å²) in [5.41, 5.74) is 0.321. The lowest BCUT2D eigenvalue weighted by atomic mass is 10.1. The quantitative estimate of drug-likeness (QED) is 0.660. The van der Waals surface area contributed by atoms with Crippen LogP contribution in [0.5, 0.6) is 0 Å². The Hall–Kier alpha value is -2.90. The number of carbonyl (C=O) groups is 1. The summed E-state index contributed by atoms with van der Waals surface area (Å²) in [6.07, 6.45) is 4.65. The number of ether oxygens (including phenoxy) is 1. The molecule has 126 valence electrons. The highest BCUT2D eigenvalue weighted by Crippen LogP contribution is 2.25. The average Bonchev–Trinajstić information content (AvgIpc) is 3.23. The first-order valence-electron chi connectivity index (χ1n) is 7.75. The third-order valence-corrected chi connectivity index (χ3v) is 3.53. The molecule has 0 fully saturated rings. The molecule has 0 saturated carbocycles. The van der Waals surface area contributed by atoms with Crippen LogP contribution in [0.1, 0.15) is 36.5 Å².